The first-order chi connectivity index (χ1) is 9.79. The molecule has 0 saturated carbocycles. The molecule has 114 valence electrons. The van der Waals surface area contributed by atoms with Gasteiger partial charge in [-0.2, -0.15) is 0 Å². The highest BCUT2D eigenvalue weighted by Crippen LogP contribution is 2.22. The summed E-state index contributed by atoms with van der Waals surface area (Å²) < 4.78 is 0.936. The van der Waals surface area contributed by atoms with Gasteiger partial charge in [0.15, 0.2) is 0 Å². The van der Waals surface area contributed by atoms with E-state index < -0.39 is 30.9 Å². The van der Waals surface area contributed by atoms with Crippen molar-refractivity contribution in [2.75, 3.05) is 13.1 Å². The Hall–Kier alpha value is -1.89. The normalized spacial score (nSPS) is 11.7. The standard InChI is InChI=1S/C14H17BrN2O4/c1-9(10-2-4-11(15)5-3-10)6-13(19)17(7-12(16)18)8-14(20)21/h2-5,9H,6-8H2,1H3,(H2,16,18)(H,20,21). The maximum atomic E-state index is 12.1. The zero-order valence-corrected chi connectivity index (χ0v) is 13.2. The van der Waals surface area contributed by atoms with Crippen molar-refractivity contribution in [1.82, 2.24) is 4.90 Å². The van der Waals surface area contributed by atoms with Crippen molar-refractivity contribution >= 4 is 33.7 Å². The number of nitrogens with two attached hydrogens (primary N) is 1. The van der Waals surface area contributed by atoms with Crippen LogP contribution in [0.1, 0.15) is 24.8 Å². The highest BCUT2D eigenvalue weighted by molar-refractivity contribution is 9.10. The van der Waals surface area contributed by atoms with E-state index in [0.29, 0.717) is 0 Å². The number of hydrogen-bond donors (Lipinski definition) is 2. The first-order valence-electron chi connectivity index (χ1n) is 6.33. The van der Waals surface area contributed by atoms with E-state index in [1.165, 1.54) is 0 Å². The quantitative estimate of drug-likeness (QED) is 0.769. The van der Waals surface area contributed by atoms with E-state index >= 15 is 0 Å². The first kappa shape index (κ1) is 17.2. The predicted molar refractivity (Wildman–Crippen MR) is 80.6 cm³/mol. The van der Waals surface area contributed by atoms with E-state index in [1.807, 2.05) is 31.2 Å². The smallest absolute Gasteiger partial charge is 0.323 e. The Morgan fingerprint density at radius 2 is 1.81 bits per heavy atom. The van der Waals surface area contributed by atoms with Crippen molar-refractivity contribution in [1.29, 1.82) is 0 Å². The van der Waals surface area contributed by atoms with Crippen LogP contribution in [0.2, 0.25) is 0 Å². The number of hydrogen-bond acceptors (Lipinski definition) is 3. The van der Waals surface area contributed by atoms with Crippen molar-refractivity contribution < 1.29 is 19.5 Å². The number of primary amides is 1. The number of nitrogens with zero attached hydrogens (tertiary/aromatic N) is 1. The predicted octanol–water partition coefficient (Wildman–Crippen LogP) is 1.34. The number of aliphatic carboxylic acids is 1. The molecule has 0 heterocycles. The van der Waals surface area contributed by atoms with Gasteiger partial charge in [0.05, 0.1) is 6.54 Å². The number of benzene rings is 1. The van der Waals surface area contributed by atoms with Crippen molar-refractivity contribution in [2.24, 2.45) is 5.73 Å². The number of carbonyl (C=O) groups excluding carboxylic acids is 2. The van der Waals surface area contributed by atoms with Gasteiger partial charge in [0.1, 0.15) is 6.54 Å². The molecule has 1 atom stereocenters. The molecular weight excluding hydrogens is 340 g/mol. The van der Waals surface area contributed by atoms with Crippen LogP contribution in [0.3, 0.4) is 0 Å². The van der Waals surface area contributed by atoms with Crippen molar-refractivity contribution in [3.8, 4) is 0 Å². The largest absolute Gasteiger partial charge is 0.480 e. The Balaban J connectivity index is 2.73. The molecule has 0 bridgehead atoms. The SMILES string of the molecule is CC(CC(=O)N(CC(N)=O)CC(=O)O)c1ccc(Br)cc1. The summed E-state index contributed by atoms with van der Waals surface area (Å²) in [5.74, 6) is -2.41. The summed E-state index contributed by atoms with van der Waals surface area (Å²) >= 11 is 3.33. The van der Waals surface area contributed by atoms with Gasteiger partial charge in [0.25, 0.3) is 0 Å². The third-order valence-corrected chi connectivity index (χ3v) is 3.47. The Morgan fingerprint density at radius 3 is 2.29 bits per heavy atom. The van der Waals surface area contributed by atoms with Gasteiger partial charge in [-0.15, -0.1) is 0 Å². The summed E-state index contributed by atoms with van der Waals surface area (Å²) in [6.45, 7) is 0.942. The molecule has 6 nitrogen and oxygen atoms in total. The summed E-state index contributed by atoms with van der Waals surface area (Å²) in [5, 5.41) is 8.78. The fourth-order valence-corrected chi connectivity index (χ4v) is 2.15. The third-order valence-electron chi connectivity index (χ3n) is 2.95. The highest BCUT2D eigenvalue weighted by Gasteiger charge is 2.21. The summed E-state index contributed by atoms with van der Waals surface area (Å²) in [6.07, 6.45) is 0.113. The average molecular weight is 357 g/mol. The lowest BCUT2D eigenvalue weighted by Gasteiger charge is -2.21. The number of carbonyl (C=O) groups is 3. The van der Waals surface area contributed by atoms with E-state index in [-0.39, 0.29) is 12.3 Å². The maximum Gasteiger partial charge on any atom is 0.323 e. The molecule has 0 aromatic heterocycles. The molecule has 3 N–H and O–H groups in total. The molecule has 0 aliphatic carbocycles. The zero-order valence-electron chi connectivity index (χ0n) is 11.6. The molecule has 1 unspecified atom stereocenters. The zero-order chi connectivity index (χ0) is 16.0. The molecule has 1 aromatic carbocycles. The molecule has 0 aliphatic rings. The van der Waals surface area contributed by atoms with Gasteiger partial charge < -0.3 is 15.7 Å². The van der Waals surface area contributed by atoms with Gasteiger partial charge in [-0.1, -0.05) is 35.0 Å². The highest BCUT2D eigenvalue weighted by atomic mass is 79.9. The fraction of sp³-hybridized carbons (Fsp3) is 0.357. The molecule has 0 fully saturated rings. The van der Waals surface area contributed by atoms with Crippen LogP contribution < -0.4 is 5.73 Å². The van der Waals surface area contributed by atoms with Crippen LogP contribution in [0.25, 0.3) is 0 Å². The molecule has 21 heavy (non-hydrogen) atoms. The summed E-state index contributed by atoms with van der Waals surface area (Å²) in [5.41, 5.74) is 5.99. The minimum absolute atomic E-state index is 0.0882. The molecule has 0 spiro atoms. The topological polar surface area (TPSA) is 101 Å². The molecule has 1 rings (SSSR count). The van der Waals surface area contributed by atoms with Crippen LogP contribution in [0.4, 0.5) is 0 Å². The van der Waals surface area contributed by atoms with Gasteiger partial charge >= 0.3 is 5.97 Å². The third kappa shape index (κ3) is 5.95. The molecule has 0 aliphatic heterocycles. The summed E-state index contributed by atoms with van der Waals surface area (Å²) in [6, 6.07) is 7.51. The van der Waals surface area contributed by atoms with Gasteiger partial charge in [-0.05, 0) is 23.6 Å². The van der Waals surface area contributed by atoms with E-state index in [1.54, 1.807) is 0 Å². The lowest BCUT2D eigenvalue weighted by molar-refractivity contribution is -0.145. The number of rotatable bonds is 7. The Labute approximate surface area is 131 Å². The minimum Gasteiger partial charge on any atom is -0.480 e. The lowest BCUT2D eigenvalue weighted by Crippen LogP contribution is -2.41. The van der Waals surface area contributed by atoms with Gasteiger partial charge in [0.2, 0.25) is 11.8 Å². The monoisotopic (exact) mass is 356 g/mol. The number of amides is 2. The number of carboxylic acids is 1. The Kier molecular flexibility index (Phi) is 6.36. The van der Waals surface area contributed by atoms with Gasteiger partial charge in [0, 0.05) is 10.9 Å². The van der Waals surface area contributed by atoms with Gasteiger partial charge in [-0.3, -0.25) is 14.4 Å². The van der Waals surface area contributed by atoms with Crippen LogP contribution in [-0.2, 0) is 14.4 Å². The van der Waals surface area contributed by atoms with Crippen molar-refractivity contribution in [3.05, 3.63) is 34.3 Å². The van der Waals surface area contributed by atoms with Crippen LogP contribution in [0.5, 0.6) is 0 Å². The van der Waals surface area contributed by atoms with E-state index in [9.17, 15) is 14.4 Å². The van der Waals surface area contributed by atoms with Crippen LogP contribution >= 0.6 is 15.9 Å². The first-order valence-corrected chi connectivity index (χ1v) is 7.12. The second-order valence-corrected chi connectivity index (χ2v) is 5.68. The number of carboxylic acid groups (broad SMARTS) is 1. The van der Waals surface area contributed by atoms with Crippen molar-refractivity contribution in [2.45, 2.75) is 19.3 Å². The second-order valence-electron chi connectivity index (χ2n) is 4.77. The summed E-state index contributed by atoms with van der Waals surface area (Å²) in [7, 11) is 0. The fourth-order valence-electron chi connectivity index (χ4n) is 1.88. The Bertz CT molecular complexity index is 514. The molecule has 0 saturated heterocycles. The van der Waals surface area contributed by atoms with E-state index in [4.69, 9.17) is 10.8 Å². The summed E-state index contributed by atoms with van der Waals surface area (Å²) in [4.78, 5) is 34.7. The number of halogens is 1. The van der Waals surface area contributed by atoms with Crippen LogP contribution in [0.15, 0.2) is 28.7 Å². The van der Waals surface area contributed by atoms with E-state index in [2.05, 4.69) is 15.9 Å². The molecule has 7 heteroatoms. The molecular formula is C14H17BrN2O4. The maximum absolute atomic E-state index is 12.1. The Morgan fingerprint density at radius 1 is 1.24 bits per heavy atom. The van der Waals surface area contributed by atoms with Crippen molar-refractivity contribution in [3.63, 3.8) is 0 Å². The minimum atomic E-state index is -1.18. The van der Waals surface area contributed by atoms with Crippen LogP contribution in [-0.4, -0.2) is 40.9 Å². The molecule has 2 amide bonds. The average Bonchev–Trinajstić information content (AvgIpc) is 2.37. The van der Waals surface area contributed by atoms with Crippen LogP contribution in [0, 0.1) is 0 Å². The molecule has 1 aromatic rings. The molecule has 0 radical (unpaired) electrons. The second kappa shape index (κ2) is 7.78. The lowest BCUT2D eigenvalue weighted by atomic mass is 9.97. The van der Waals surface area contributed by atoms with E-state index in [0.717, 1.165) is 14.9 Å². The van der Waals surface area contributed by atoms with Gasteiger partial charge in [-0.25, -0.2) is 0 Å².